The lowest BCUT2D eigenvalue weighted by atomic mass is 10.00. The van der Waals surface area contributed by atoms with E-state index in [1.54, 1.807) is 74.8 Å². The summed E-state index contributed by atoms with van der Waals surface area (Å²) in [6.07, 6.45) is 2.68. The lowest BCUT2D eigenvalue weighted by Gasteiger charge is -2.36. The zero-order valence-electron chi connectivity index (χ0n) is 75.6. The molecule has 0 aliphatic carbocycles. The quantitative estimate of drug-likeness (QED) is 0.0152. The fourth-order valence-electron chi connectivity index (χ4n) is 16.3. The van der Waals surface area contributed by atoms with Gasteiger partial charge in [-0.15, -0.1) is 0 Å². The number of H-pyrrole nitrogens is 2. The number of carbonyl (C=O) groups excluding carboxylic acids is 17. The molecule has 15 atom stereocenters. The molecule has 5 aromatic rings. The Labute approximate surface area is 763 Å². The number of aliphatic hydroxyl groups is 2. The van der Waals surface area contributed by atoms with Crippen LogP contribution in [0.2, 0.25) is 0 Å². The van der Waals surface area contributed by atoms with E-state index in [-0.39, 0.29) is 89.0 Å². The first-order chi connectivity index (χ1) is 62.8. The van der Waals surface area contributed by atoms with Crippen LogP contribution < -0.4 is 81.4 Å². The second-order valence-corrected chi connectivity index (χ2v) is 34.0. The lowest BCUT2D eigenvalue weighted by Crippen LogP contribution is -2.62. The molecule has 17 amide bonds. The smallest absolute Gasteiger partial charge is 0.246 e. The molecule has 0 bridgehead atoms. The molecule has 2 saturated heterocycles. The zero-order valence-corrected chi connectivity index (χ0v) is 75.6. The Morgan fingerprint density at radius 2 is 1.06 bits per heavy atom. The van der Waals surface area contributed by atoms with Crippen molar-refractivity contribution in [2.75, 3.05) is 60.5 Å². The number of likely N-dealkylation sites (N-methyl/N-ethyl adjacent to an activating group) is 3. The Balaban J connectivity index is 1.20. The van der Waals surface area contributed by atoms with Crippen molar-refractivity contribution in [1.29, 1.82) is 5.41 Å². The Morgan fingerprint density at radius 3 is 1.66 bits per heavy atom. The normalized spacial score (nSPS) is 25.2. The lowest BCUT2D eigenvalue weighted by molar-refractivity contribution is -0.149. The molecule has 718 valence electrons. The number of rotatable bonds is 25. The number of nitrogens with two attached hydrogens (primary N) is 4. The number of amides is 17. The van der Waals surface area contributed by atoms with Crippen molar-refractivity contribution < 1.29 is 96.8 Å². The van der Waals surface area contributed by atoms with Crippen LogP contribution in [0.3, 0.4) is 0 Å². The van der Waals surface area contributed by atoms with Gasteiger partial charge in [0.1, 0.15) is 90.3 Å². The highest BCUT2D eigenvalue weighted by molar-refractivity contribution is 6.03. The number of benzene rings is 3. The van der Waals surface area contributed by atoms with E-state index >= 15 is 33.6 Å². The number of aromatic hydroxyl groups is 1. The second-order valence-electron chi connectivity index (χ2n) is 34.0. The molecular weight excluding hydrogens is 1710 g/mol. The number of carbonyl (C=O) groups is 17. The number of primary amides is 2. The van der Waals surface area contributed by atoms with Crippen molar-refractivity contribution in [3.63, 3.8) is 0 Å². The SMILES string of the molecule is CCCCC1C(=O)N(C)C(CCCC)C(=O)NC(CCCNC(=N)N)C(=O)NC(C(=O)NCC(N)=O)C/C=C/C(=O)NC(Cc2ccc(O)cc2)C(=O)N(C)C(C)C(=O)NC(CC(N)=O)C(=O)N2CCCC2C(=O)NC(CN)C(=O)NC(CC(C)C)C(=O)N2C[C@H](O)CC2C(=O)NC(Cc2c[nH]c3ccccc23)C(=O)NC(CO)C(=O)NC(Cc2c[nH]c3ccccc23)C(=O)N1C. The highest BCUT2D eigenvalue weighted by Gasteiger charge is 2.47. The number of phenols is 1. The zero-order chi connectivity index (χ0) is 96.9. The standard InChI is InChI=1S/C89H127N23O20/c1-9-11-26-68-81(125)101-60(25-18-34-95-89(93)94)77(121)100-59(76(120)98-45-73(92)117)24-17-29-74(118)99-63(37-50-30-32-53(114)33-31-50)84(128)108(6)49(5)75(119)103-65(41-72(91)116)86(130)111-35-19-28-69(111)82(126)106-66(42-90)79(123)104-62(36-48(3)4)87(131)112-46-54(115)40-71(112)83(127)102-61(38-51-43-96-57-22-15-13-20-55(51)57)78(122)107-67(47-113)80(124)105-64(39-52-44-97-58-23-16-14-21-56(52)58)85(129)110(8)70(27-12-10-2)88(132)109(68)7/h13-17,20-23,29-33,43-44,48-49,54,59-71,96-97,113-115H,9-12,18-19,24-28,34-42,45-47,90H2,1-8H3,(H2,91,116)(H2,92,117)(H,98,120)(H,99,118)(H,100,121)(H,101,125)(H,102,127)(H,103,119)(H,104,123)(H,105,124)(H,106,126)(H,107,122)(H4,93,94,95)/b29-17+/t49?,54-,59?,60?,61?,62?,63?,64?,65?,66?,67?,68?,69?,70?,71?/m1/s1. The van der Waals surface area contributed by atoms with Crippen molar-refractivity contribution in [3.05, 3.63) is 114 Å². The molecule has 8 rings (SSSR count). The third kappa shape index (κ3) is 28.7. The van der Waals surface area contributed by atoms with E-state index in [1.165, 1.54) is 52.3 Å². The predicted octanol–water partition coefficient (Wildman–Crippen LogP) is -3.72. The first kappa shape index (κ1) is 104. The number of nitrogens with one attached hydrogen (secondary N) is 14. The topological polar surface area (TPSA) is 659 Å². The van der Waals surface area contributed by atoms with Crippen molar-refractivity contribution in [2.45, 2.75) is 234 Å². The van der Waals surface area contributed by atoms with Gasteiger partial charge in [0.05, 0.1) is 25.7 Å². The Bertz CT molecular complexity index is 5000. The molecule has 3 aromatic carbocycles. The minimum Gasteiger partial charge on any atom is -0.508 e. The first-order valence-corrected chi connectivity index (χ1v) is 44.4. The average molecular weight is 1840 g/mol. The van der Waals surface area contributed by atoms with Crippen LogP contribution in [-0.2, 0) is 101 Å². The molecule has 132 heavy (non-hydrogen) atoms. The van der Waals surface area contributed by atoms with Gasteiger partial charge >= 0.3 is 0 Å². The molecule has 5 heterocycles. The molecule has 0 spiro atoms. The molecule has 3 aliphatic heterocycles. The van der Waals surface area contributed by atoms with Crippen molar-refractivity contribution in [2.24, 2.45) is 28.9 Å². The summed E-state index contributed by atoms with van der Waals surface area (Å²) >= 11 is 0. The highest BCUT2D eigenvalue weighted by atomic mass is 16.3. The summed E-state index contributed by atoms with van der Waals surface area (Å²) in [6, 6.07) is -2.51. The van der Waals surface area contributed by atoms with Crippen LogP contribution in [0.25, 0.3) is 21.8 Å². The van der Waals surface area contributed by atoms with E-state index in [1.807, 2.05) is 13.8 Å². The monoisotopic (exact) mass is 1840 g/mol. The van der Waals surface area contributed by atoms with E-state index in [4.69, 9.17) is 28.3 Å². The fraction of sp³-hybridized carbons (Fsp3) is 0.528. The van der Waals surface area contributed by atoms with Gasteiger partial charge in [-0.25, -0.2) is 0 Å². The number of guanidine groups is 1. The number of unbranched alkanes of at least 4 members (excludes halogenated alkanes) is 2. The first-order valence-electron chi connectivity index (χ1n) is 44.4. The summed E-state index contributed by atoms with van der Waals surface area (Å²) in [5.41, 5.74) is 25.5. The van der Waals surface area contributed by atoms with Gasteiger partial charge in [0, 0.05) is 107 Å². The maximum atomic E-state index is 15.7. The molecule has 2 fully saturated rings. The molecule has 0 saturated carbocycles. The molecule has 0 radical (unpaired) electrons. The van der Waals surface area contributed by atoms with Gasteiger partial charge in [0.2, 0.25) is 100 Å². The van der Waals surface area contributed by atoms with Crippen LogP contribution >= 0.6 is 0 Å². The van der Waals surface area contributed by atoms with Gasteiger partial charge in [-0.3, -0.25) is 86.9 Å². The summed E-state index contributed by atoms with van der Waals surface area (Å²) in [7, 11) is 3.87. The van der Waals surface area contributed by atoms with E-state index in [0.717, 1.165) is 36.7 Å². The summed E-state index contributed by atoms with van der Waals surface area (Å²) in [5.74, 6) is -17.5. The number of fused-ring (bicyclic) bond motifs is 4. The Hall–Kier alpha value is -13.6. The minimum absolute atomic E-state index is 0.0152. The van der Waals surface area contributed by atoms with Crippen LogP contribution in [0.1, 0.15) is 141 Å². The predicted molar refractivity (Wildman–Crippen MR) is 483 cm³/mol. The van der Waals surface area contributed by atoms with Crippen LogP contribution in [0.5, 0.6) is 5.75 Å². The van der Waals surface area contributed by atoms with Gasteiger partial charge in [0.15, 0.2) is 5.96 Å². The van der Waals surface area contributed by atoms with Crippen molar-refractivity contribution in [3.8, 4) is 5.75 Å². The largest absolute Gasteiger partial charge is 0.508 e. The number of phenolic OH excluding ortho intramolecular Hbond substituents is 1. The Morgan fingerprint density at radius 1 is 0.538 bits per heavy atom. The second kappa shape index (κ2) is 49.4. The Kier molecular flexibility index (Phi) is 38.9. The molecule has 2 aromatic heterocycles. The minimum atomic E-state index is -1.89. The van der Waals surface area contributed by atoms with Crippen LogP contribution in [0, 0.1) is 11.3 Å². The number of para-hydroxylation sites is 2. The van der Waals surface area contributed by atoms with Gasteiger partial charge in [-0.05, 0) is 111 Å². The summed E-state index contributed by atoms with van der Waals surface area (Å²) in [4.78, 5) is 260. The molecular formula is C89H127N23O20. The maximum Gasteiger partial charge on any atom is 0.246 e. The molecule has 3 aliphatic rings. The van der Waals surface area contributed by atoms with Crippen molar-refractivity contribution in [1.82, 2.24) is 93.0 Å². The van der Waals surface area contributed by atoms with Crippen LogP contribution in [-0.4, -0.2) is 307 Å². The number of hydrogen-bond donors (Lipinski definition) is 21. The van der Waals surface area contributed by atoms with Crippen molar-refractivity contribution >= 4 is 128 Å². The number of aliphatic hydroxyl groups excluding tert-OH is 2. The number of aromatic nitrogens is 2. The highest BCUT2D eigenvalue weighted by Crippen LogP contribution is 2.28. The molecule has 14 unspecified atom stereocenters. The molecule has 43 heteroatoms. The van der Waals surface area contributed by atoms with Gasteiger partial charge in [-0.1, -0.05) is 108 Å². The third-order valence-corrected chi connectivity index (χ3v) is 23.7. The summed E-state index contributed by atoms with van der Waals surface area (Å²) < 4.78 is 0. The van der Waals surface area contributed by atoms with Crippen LogP contribution in [0.4, 0.5) is 0 Å². The number of aromatic amines is 2. The number of hydrogen-bond acceptors (Lipinski definition) is 22. The van der Waals surface area contributed by atoms with E-state index in [0.29, 0.717) is 64.2 Å². The van der Waals surface area contributed by atoms with Gasteiger partial charge in [0.25, 0.3) is 0 Å². The third-order valence-electron chi connectivity index (χ3n) is 23.7. The van der Waals surface area contributed by atoms with Gasteiger partial charge < -0.3 is 131 Å². The van der Waals surface area contributed by atoms with Gasteiger partial charge in [-0.2, -0.15) is 0 Å². The average Bonchev–Trinajstić information content (AvgIpc) is 1.60. The van der Waals surface area contributed by atoms with E-state index < -0.39 is 243 Å². The van der Waals surface area contributed by atoms with E-state index in [2.05, 4.69) is 68.5 Å². The van der Waals surface area contributed by atoms with Crippen LogP contribution in [0.15, 0.2) is 97.3 Å². The summed E-state index contributed by atoms with van der Waals surface area (Å²) in [6.45, 7) is 5.33. The number of nitrogens with zero attached hydrogens (tertiary/aromatic N) is 5. The molecule has 25 N–H and O–H groups in total. The maximum absolute atomic E-state index is 15.7. The van der Waals surface area contributed by atoms with E-state index in [9.17, 15) is 63.3 Å². The molecule has 43 nitrogen and oxygen atoms in total. The summed E-state index contributed by atoms with van der Waals surface area (Å²) in [5, 5.41) is 70.4. The fourth-order valence-corrected chi connectivity index (χ4v) is 16.3.